The minimum absolute atomic E-state index is 0.674. The van der Waals surface area contributed by atoms with E-state index in [-0.39, 0.29) is 0 Å². The summed E-state index contributed by atoms with van der Waals surface area (Å²) in [6.45, 7) is 3.40. The molecule has 0 amide bonds. The number of anilines is 1. The van der Waals surface area contributed by atoms with Gasteiger partial charge in [0.05, 0.1) is 0 Å². The highest BCUT2D eigenvalue weighted by Crippen LogP contribution is 2.16. The molecule has 1 N–H and O–H groups in total. The van der Waals surface area contributed by atoms with Crippen LogP contribution < -0.4 is 5.32 Å². The highest BCUT2D eigenvalue weighted by molar-refractivity contribution is 5.34. The summed E-state index contributed by atoms with van der Waals surface area (Å²) in [6.07, 6.45) is 4.58. The Kier molecular flexibility index (Phi) is 4.55. The van der Waals surface area contributed by atoms with Gasteiger partial charge in [-0.3, -0.25) is 4.90 Å². The largest absolute Gasteiger partial charge is 0.373 e. The Balaban J connectivity index is 1.91. The zero-order chi connectivity index (χ0) is 13.0. The summed E-state index contributed by atoms with van der Waals surface area (Å²) < 4.78 is 0. The highest BCUT2D eigenvalue weighted by atomic mass is 15.2. The van der Waals surface area contributed by atoms with Gasteiger partial charge in [0.2, 0.25) is 0 Å². The van der Waals surface area contributed by atoms with E-state index in [0.29, 0.717) is 6.04 Å². The fourth-order valence-electron chi connectivity index (χ4n) is 2.58. The second-order valence-electron chi connectivity index (χ2n) is 5.28. The van der Waals surface area contributed by atoms with Crippen molar-refractivity contribution < 1.29 is 0 Å². The van der Waals surface area contributed by atoms with Gasteiger partial charge in [0.25, 0.3) is 0 Å². The van der Waals surface area contributed by atoms with Crippen LogP contribution in [0.5, 0.6) is 0 Å². The van der Waals surface area contributed by atoms with Gasteiger partial charge in [-0.25, -0.2) is 4.98 Å². The van der Waals surface area contributed by atoms with Crippen molar-refractivity contribution in [3.05, 3.63) is 23.9 Å². The molecule has 1 fully saturated rings. The summed E-state index contributed by atoms with van der Waals surface area (Å²) in [7, 11) is 6.32. The first kappa shape index (κ1) is 13.3. The maximum Gasteiger partial charge on any atom is 0.125 e. The van der Waals surface area contributed by atoms with Crippen LogP contribution in [0, 0.1) is 0 Å². The van der Waals surface area contributed by atoms with Crippen molar-refractivity contribution in [3.8, 4) is 0 Å². The zero-order valence-electron chi connectivity index (χ0n) is 11.7. The van der Waals surface area contributed by atoms with Gasteiger partial charge < -0.3 is 10.2 Å². The van der Waals surface area contributed by atoms with Crippen molar-refractivity contribution in [2.45, 2.75) is 25.4 Å². The number of likely N-dealkylation sites (N-methyl/N-ethyl adjacent to an activating group) is 2. The molecular formula is C14H24N4. The molecule has 1 aliphatic heterocycles. The summed E-state index contributed by atoms with van der Waals surface area (Å²) in [5.41, 5.74) is 1.28. The average molecular weight is 248 g/mol. The van der Waals surface area contributed by atoms with Gasteiger partial charge in [-0.1, -0.05) is 6.07 Å². The van der Waals surface area contributed by atoms with E-state index in [1.165, 1.54) is 31.5 Å². The molecule has 4 nitrogen and oxygen atoms in total. The molecule has 4 heteroatoms. The van der Waals surface area contributed by atoms with E-state index in [1.807, 2.05) is 19.3 Å². The van der Waals surface area contributed by atoms with Gasteiger partial charge in [0.1, 0.15) is 5.82 Å². The lowest BCUT2D eigenvalue weighted by atomic mass is 10.0. The molecular weight excluding hydrogens is 224 g/mol. The number of likely N-dealkylation sites (tertiary alicyclic amines) is 1. The molecule has 2 rings (SSSR count). The predicted molar refractivity (Wildman–Crippen MR) is 75.8 cm³/mol. The first-order valence-electron chi connectivity index (χ1n) is 6.70. The number of piperidine rings is 1. The Morgan fingerprint density at radius 1 is 1.50 bits per heavy atom. The number of aromatic nitrogens is 1. The quantitative estimate of drug-likeness (QED) is 0.878. The Morgan fingerprint density at radius 3 is 2.94 bits per heavy atom. The van der Waals surface area contributed by atoms with E-state index in [1.54, 1.807) is 0 Å². The summed E-state index contributed by atoms with van der Waals surface area (Å²) in [5, 5.41) is 3.05. The molecule has 0 aliphatic carbocycles. The molecule has 1 saturated heterocycles. The third kappa shape index (κ3) is 3.43. The summed E-state index contributed by atoms with van der Waals surface area (Å²) in [5.74, 6) is 0.929. The molecule has 100 valence electrons. The van der Waals surface area contributed by atoms with Crippen LogP contribution in [0.4, 0.5) is 5.82 Å². The minimum Gasteiger partial charge on any atom is -0.373 e. The number of nitrogens with zero attached hydrogens (tertiary/aromatic N) is 3. The Labute approximate surface area is 110 Å². The van der Waals surface area contributed by atoms with Crippen LogP contribution in [-0.4, -0.2) is 55.1 Å². The molecule has 1 aromatic rings. The average Bonchev–Trinajstić information content (AvgIpc) is 2.39. The monoisotopic (exact) mass is 248 g/mol. The van der Waals surface area contributed by atoms with Crippen LogP contribution in [0.15, 0.2) is 18.3 Å². The van der Waals surface area contributed by atoms with Gasteiger partial charge in [-0.15, -0.1) is 0 Å². The van der Waals surface area contributed by atoms with Crippen molar-refractivity contribution in [2.75, 3.05) is 39.5 Å². The maximum absolute atomic E-state index is 4.36. The summed E-state index contributed by atoms with van der Waals surface area (Å²) in [4.78, 5) is 9.24. The third-order valence-electron chi connectivity index (χ3n) is 3.74. The van der Waals surface area contributed by atoms with E-state index in [4.69, 9.17) is 0 Å². The van der Waals surface area contributed by atoms with Gasteiger partial charge >= 0.3 is 0 Å². The molecule has 0 bridgehead atoms. The molecule has 18 heavy (non-hydrogen) atoms. The van der Waals surface area contributed by atoms with Gasteiger partial charge in [0, 0.05) is 32.4 Å². The van der Waals surface area contributed by atoms with E-state index in [2.05, 4.69) is 40.3 Å². The van der Waals surface area contributed by atoms with Gasteiger partial charge in [-0.05, 0) is 45.1 Å². The van der Waals surface area contributed by atoms with E-state index >= 15 is 0 Å². The molecule has 1 aromatic heterocycles. The first-order valence-corrected chi connectivity index (χ1v) is 6.70. The predicted octanol–water partition coefficient (Wildman–Crippen LogP) is 1.65. The number of hydrogen-bond acceptors (Lipinski definition) is 4. The molecule has 2 heterocycles. The topological polar surface area (TPSA) is 31.4 Å². The third-order valence-corrected chi connectivity index (χ3v) is 3.74. The summed E-state index contributed by atoms with van der Waals surface area (Å²) in [6, 6.07) is 4.87. The van der Waals surface area contributed by atoms with Gasteiger partial charge in [0.15, 0.2) is 0 Å². The maximum atomic E-state index is 4.36. The fourth-order valence-corrected chi connectivity index (χ4v) is 2.58. The minimum atomic E-state index is 0.674. The number of pyridine rings is 1. The summed E-state index contributed by atoms with van der Waals surface area (Å²) >= 11 is 0. The van der Waals surface area contributed by atoms with E-state index in [0.717, 1.165) is 12.4 Å². The fraction of sp³-hybridized carbons (Fsp3) is 0.643. The Hall–Kier alpha value is -1.13. The molecule has 1 atom stereocenters. The lowest BCUT2D eigenvalue weighted by Gasteiger charge is -2.35. The lowest BCUT2D eigenvalue weighted by Crippen LogP contribution is -2.44. The molecule has 0 spiro atoms. The van der Waals surface area contributed by atoms with Crippen LogP contribution in [0.25, 0.3) is 0 Å². The molecule has 0 radical (unpaired) electrons. The smallest absolute Gasteiger partial charge is 0.125 e. The normalized spacial score (nSPS) is 21.2. The second kappa shape index (κ2) is 6.16. The van der Waals surface area contributed by atoms with Crippen LogP contribution in [-0.2, 0) is 6.54 Å². The number of hydrogen-bond donors (Lipinski definition) is 1. The second-order valence-corrected chi connectivity index (χ2v) is 5.28. The van der Waals surface area contributed by atoms with Crippen LogP contribution in [0.3, 0.4) is 0 Å². The molecule has 1 unspecified atom stereocenters. The van der Waals surface area contributed by atoms with Crippen LogP contribution >= 0.6 is 0 Å². The van der Waals surface area contributed by atoms with Gasteiger partial charge in [-0.2, -0.15) is 0 Å². The number of rotatable bonds is 4. The molecule has 1 aliphatic rings. The SMILES string of the molecule is CNc1ccc(CN(C)C2CCCN(C)C2)cn1. The Morgan fingerprint density at radius 2 is 2.33 bits per heavy atom. The highest BCUT2D eigenvalue weighted by Gasteiger charge is 2.20. The molecule has 0 saturated carbocycles. The standard InChI is InChI=1S/C14H24N4/c1-15-14-7-6-12(9-16-14)10-18(3)13-5-4-8-17(2)11-13/h6-7,9,13H,4-5,8,10-11H2,1-3H3,(H,15,16). The van der Waals surface area contributed by atoms with Crippen LogP contribution in [0.2, 0.25) is 0 Å². The zero-order valence-corrected chi connectivity index (χ0v) is 11.7. The van der Waals surface area contributed by atoms with Crippen molar-refractivity contribution >= 4 is 5.82 Å². The van der Waals surface area contributed by atoms with Crippen LogP contribution in [0.1, 0.15) is 18.4 Å². The number of nitrogens with one attached hydrogen (secondary N) is 1. The van der Waals surface area contributed by atoms with Crippen molar-refractivity contribution in [3.63, 3.8) is 0 Å². The lowest BCUT2D eigenvalue weighted by molar-refractivity contribution is 0.129. The van der Waals surface area contributed by atoms with Crippen molar-refractivity contribution in [2.24, 2.45) is 0 Å². The van der Waals surface area contributed by atoms with Crippen molar-refractivity contribution in [1.82, 2.24) is 14.8 Å². The van der Waals surface area contributed by atoms with E-state index < -0.39 is 0 Å². The molecule has 0 aromatic carbocycles. The van der Waals surface area contributed by atoms with Crippen molar-refractivity contribution in [1.29, 1.82) is 0 Å². The Bertz CT molecular complexity index is 363. The first-order chi connectivity index (χ1) is 8.69. The van der Waals surface area contributed by atoms with E-state index in [9.17, 15) is 0 Å².